The van der Waals surface area contributed by atoms with Crippen LogP contribution in [0.5, 0.6) is 0 Å². The molecule has 0 aromatic heterocycles. The van der Waals surface area contributed by atoms with Gasteiger partial charge in [-0.15, -0.1) is 0 Å². The summed E-state index contributed by atoms with van der Waals surface area (Å²) < 4.78 is 0. The average molecular weight is 255 g/mol. The summed E-state index contributed by atoms with van der Waals surface area (Å²) in [6.45, 7) is 6.66. The van der Waals surface area contributed by atoms with Crippen molar-refractivity contribution in [3.8, 4) is 0 Å². The number of hydrogen-bond donors (Lipinski definition) is 1. The number of benzene rings is 1. The Bertz CT molecular complexity index is 318. The van der Waals surface area contributed by atoms with E-state index in [0.717, 1.165) is 23.4 Å². The SMILES string of the molecule is CC(C)CC(C)CC(O)Cc1ccc(Cl)cc1. The number of aliphatic hydroxyl groups is 1. The predicted molar refractivity (Wildman–Crippen MR) is 74.4 cm³/mol. The summed E-state index contributed by atoms with van der Waals surface area (Å²) in [5.41, 5.74) is 1.15. The van der Waals surface area contributed by atoms with Crippen molar-refractivity contribution < 1.29 is 5.11 Å². The first-order valence-corrected chi connectivity index (χ1v) is 6.77. The molecule has 0 aliphatic carbocycles. The number of rotatable bonds is 6. The Balaban J connectivity index is 2.38. The van der Waals surface area contributed by atoms with Crippen LogP contribution >= 0.6 is 11.6 Å². The molecule has 1 nitrogen and oxygen atoms in total. The molecule has 0 spiro atoms. The highest BCUT2D eigenvalue weighted by Crippen LogP contribution is 2.19. The van der Waals surface area contributed by atoms with Gasteiger partial charge in [-0.3, -0.25) is 0 Å². The van der Waals surface area contributed by atoms with Crippen molar-refractivity contribution in [2.75, 3.05) is 0 Å². The van der Waals surface area contributed by atoms with Gasteiger partial charge < -0.3 is 5.11 Å². The van der Waals surface area contributed by atoms with E-state index in [4.69, 9.17) is 11.6 Å². The van der Waals surface area contributed by atoms with E-state index < -0.39 is 0 Å². The maximum Gasteiger partial charge on any atom is 0.0583 e. The lowest BCUT2D eigenvalue weighted by atomic mass is 9.92. The Morgan fingerprint density at radius 1 is 1.06 bits per heavy atom. The van der Waals surface area contributed by atoms with E-state index >= 15 is 0 Å². The standard InChI is InChI=1S/C15H23ClO/c1-11(2)8-12(3)9-15(17)10-13-4-6-14(16)7-5-13/h4-7,11-12,15,17H,8-10H2,1-3H3. The molecule has 2 atom stereocenters. The molecule has 1 aromatic carbocycles. The second-order valence-corrected chi connectivity index (χ2v) is 5.89. The van der Waals surface area contributed by atoms with E-state index in [1.54, 1.807) is 0 Å². The number of halogens is 1. The molecule has 1 N–H and O–H groups in total. The molecule has 1 rings (SSSR count). The van der Waals surface area contributed by atoms with E-state index in [-0.39, 0.29) is 6.10 Å². The summed E-state index contributed by atoms with van der Waals surface area (Å²) in [6.07, 6.45) is 2.53. The van der Waals surface area contributed by atoms with Crippen LogP contribution in [0.3, 0.4) is 0 Å². The lowest BCUT2D eigenvalue weighted by Crippen LogP contribution is -2.15. The topological polar surface area (TPSA) is 20.2 Å². The highest BCUT2D eigenvalue weighted by Gasteiger charge is 2.12. The molecule has 0 saturated heterocycles. The van der Waals surface area contributed by atoms with E-state index in [1.807, 2.05) is 24.3 Å². The summed E-state index contributed by atoms with van der Waals surface area (Å²) >= 11 is 5.83. The maximum atomic E-state index is 10.0. The van der Waals surface area contributed by atoms with E-state index in [1.165, 1.54) is 6.42 Å². The summed E-state index contributed by atoms with van der Waals surface area (Å²) in [4.78, 5) is 0. The van der Waals surface area contributed by atoms with Crippen molar-refractivity contribution in [1.29, 1.82) is 0 Å². The van der Waals surface area contributed by atoms with Gasteiger partial charge >= 0.3 is 0 Å². The minimum atomic E-state index is -0.245. The van der Waals surface area contributed by atoms with Gasteiger partial charge in [0.05, 0.1) is 6.10 Å². The monoisotopic (exact) mass is 254 g/mol. The third kappa shape index (κ3) is 6.09. The Morgan fingerprint density at radius 3 is 2.18 bits per heavy atom. The summed E-state index contributed by atoms with van der Waals surface area (Å²) in [5, 5.41) is 10.8. The van der Waals surface area contributed by atoms with Crippen molar-refractivity contribution in [2.24, 2.45) is 11.8 Å². The molecule has 0 saturated carbocycles. The Hall–Kier alpha value is -0.530. The summed E-state index contributed by atoms with van der Waals surface area (Å²) in [6, 6.07) is 7.72. The van der Waals surface area contributed by atoms with E-state index in [2.05, 4.69) is 20.8 Å². The normalized spacial score (nSPS) is 14.9. The molecule has 17 heavy (non-hydrogen) atoms. The van der Waals surface area contributed by atoms with Crippen molar-refractivity contribution in [2.45, 2.75) is 46.1 Å². The van der Waals surface area contributed by atoms with Crippen LogP contribution in [-0.2, 0) is 6.42 Å². The highest BCUT2D eigenvalue weighted by atomic mass is 35.5. The average Bonchev–Trinajstić information content (AvgIpc) is 2.19. The van der Waals surface area contributed by atoms with Crippen LogP contribution in [0.15, 0.2) is 24.3 Å². The molecule has 2 unspecified atom stereocenters. The second kappa shape index (κ2) is 7.03. The zero-order chi connectivity index (χ0) is 12.8. The van der Waals surface area contributed by atoms with Gasteiger partial charge in [-0.1, -0.05) is 44.5 Å². The predicted octanol–water partition coefficient (Wildman–Crippen LogP) is 4.32. The maximum absolute atomic E-state index is 10.0. The molecule has 96 valence electrons. The molecule has 0 heterocycles. The molecule has 0 aliphatic heterocycles. The molecular formula is C15H23ClO. The van der Waals surface area contributed by atoms with Crippen molar-refractivity contribution in [3.05, 3.63) is 34.9 Å². The Kier molecular flexibility index (Phi) is 6.01. The van der Waals surface area contributed by atoms with Gasteiger partial charge in [-0.05, 0) is 48.8 Å². The third-order valence-corrected chi connectivity index (χ3v) is 3.18. The molecule has 0 bridgehead atoms. The van der Waals surface area contributed by atoms with Crippen LogP contribution in [0.2, 0.25) is 5.02 Å². The number of hydrogen-bond acceptors (Lipinski definition) is 1. The van der Waals surface area contributed by atoms with Gasteiger partial charge in [-0.2, -0.15) is 0 Å². The van der Waals surface area contributed by atoms with Gasteiger partial charge in [-0.25, -0.2) is 0 Å². The van der Waals surface area contributed by atoms with Crippen molar-refractivity contribution >= 4 is 11.6 Å². The lowest BCUT2D eigenvalue weighted by Gasteiger charge is -2.18. The van der Waals surface area contributed by atoms with Crippen LogP contribution in [0.1, 0.15) is 39.2 Å². The molecule has 0 radical (unpaired) electrons. The first-order valence-electron chi connectivity index (χ1n) is 6.40. The molecular weight excluding hydrogens is 232 g/mol. The van der Waals surface area contributed by atoms with Crippen molar-refractivity contribution in [3.63, 3.8) is 0 Å². The van der Waals surface area contributed by atoms with E-state index in [9.17, 15) is 5.11 Å². The van der Waals surface area contributed by atoms with Gasteiger partial charge in [0.2, 0.25) is 0 Å². The van der Waals surface area contributed by atoms with Gasteiger partial charge in [0.25, 0.3) is 0 Å². The third-order valence-electron chi connectivity index (χ3n) is 2.93. The Morgan fingerprint density at radius 2 is 1.65 bits per heavy atom. The summed E-state index contributed by atoms with van der Waals surface area (Å²) in [7, 11) is 0. The van der Waals surface area contributed by atoms with Crippen LogP contribution in [-0.4, -0.2) is 11.2 Å². The fraction of sp³-hybridized carbons (Fsp3) is 0.600. The van der Waals surface area contributed by atoms with Crippen LogP contribution in [0, 0.1) is 11.8 Å². The molecule has 1 aromatic rings. The second-order valence-electron chi connectivity index (χ2n) is 5.45. The fourth-order valence-electron chi connectivity index (χ4n) is 2.34. The van der Waals surface area contributed by atoms with Crippen LogP contribution in [0.4, 0.5) is 0 Å². The first kappa shape index (κ1) is 14.5. The smallest absolute Gasteiger partial charge is 0.0583 e. The summed E-state index contributed by atoms with van der Waals surface area (Å²) in [5.74, 6) is 1.28. The van der Waals surface area contributed by atoms with Crippen LogP contribution < -0.4 is 0 Å². The fourth-order valence-corrected chi connectivity index (χ4v) is 2.47. The quantitative estimate of drug-likeness (QED) is 0.802. The first-order chi connectivity index (χ1) is 7.97. The molecule has 0 amide bonds. The van der Waals surface area contributed by atoms with Gasteiger partial charge in [0, 0.05) is 5.02 Å². The Labute approximate surface area is 110 Å². The molecule has 0 fully saturated rings. The molecule has 2 heteroatoms. The van der Waals surface area contributed by atoms with Crippen LogP contribution in [0.25, 0.3) is 0 Å². The van der Waals surface area contributed by atoms with Gasteiger partial charge in [0.15, 0.2) is 0 Å². The van der Waals surface area contributed by atoms with Gasteiger partial charge in [0.1, 0.15) is 0 Å². The largest absolute Gasteiger partial charge is 0.393 e. The number of aliphatic hydroxyl groups excluding tert-OH is 1. The van der Waals surface area contributed by atoms with E-state index in [0.29, 0.717) is 11.8 Å². The lowest BCUT2D eigenvalue weighted by molar-refractivity contribution is 0.140. The highest BCUT2D eigenvalue weighted by molar-refractivity contribution is 6.30. The zero-order valence-electron chi connectivity index (χ0n) is 11.0. The van der Waals surface area contributed by atoms with Crippen molar-refractivity contribution in [1.82, 2.24) is 0 Å². The minimum Gasteiger partial charge on any atom is -0.393 e. The molecule has 0 aliphatic rings. The zero-order valence-corrected chi connectivity index (χ0v) is 11.7. The minimum absolute atomic E-state index is 0.245.